The van der Waals surface area contributed by atoms with E-state index in [0.29, 0.717) is 0 Å². The van der Waals surface area contributed by atoms with Gasteiger partial charge in [-0.15, -0.1) is 12.3 Å². The predicted octanol–water partition coefficient (Wildman–Crippen LogP) is 3.64. The van der Waals surface area contributed by atoms with E-state index in [4.69, 9.17) is 11.5 Å². The number of carbonyl (C=O) groups is 1. The van der Waals surface area contributed by atoms with Gasteiger partial charge in [-0.25, -0.2) is 0 Å². The molecule has 0 saturated heterocycles. The molecule has 0 spiro atoms. The summed E-state index contributed by atoms with van der Waals surface area (Å²) in [5.41, 5.74) is 1.74. The van der Waals surface area contributed by atoms with Crippen LogP contribution in [0.4, 0.5) is 0 Å². The fourth-order valence-corrected chi connectivity index (χ4v) is 1.84. The summed E-state index contributed by atoms with van der Waals surface area (Å²) < 4.78 is 0. The first-order chi connectivity index (χ1) is 9.72. The van der Waals surface area contributed by atoms with Crippen molar-refractivity contribution in [3.05, 3.63) is 35.4 Å². The lowest BCUT2D eigenvalue weighted by atomic mass is 10.1. The molecular weight excluding hydrogens is 248 g/mol. The number of carboxylic acids is 1. The number of hydrogen-bond acceptors (Lipinski definition) is 1. The Morgan fingerprint density at radius 3 is 2.30 bits per heavy atom. The maximum atomic E-state index is 10.6. The number of unbranched alkanes of at least 4 members (excludes halogenated alkanes) is 5. The molecule has 0 aliphatic rings. The van der Waals surface area contributed by atoms with Crippen LogP contribution in [0.5, 0.6) is 0 Å². The second-order valence-electron chi connectivity index (χ2n) is 4.69. The number of terminal acetylenes is 1. The van der Waals surface area contributed by atoms with Crippen LogP contribution in [-0.4, -0.2) is 11.1 Å². The van der Waals surface area contributed by atoms with Gasteiger partial charge >= 0.3 is 5.97 Å². The molecule has 0 heterocycles. The van der Waals surface area contributed by atoms with Gasteiger partial charge in [-0.3, -0.25) is 4.79 Å². The number of aliphatic carboxylic acids is 1. The van der Waals surface area contributed by atoms with E-state index in [1.807, 2.05) is 24.3 Å². The van der Waals surface area contributed by atoms with Gasteiger partial charge in [0.15, 0.2) is 0 Å². The molecule has 20 heavy (non-hydrogen) atoms. The molecule has 0 bridgehead atoms. The molecule has 0 aliphatic heterocycles. The lowest BCUT2D eigenvalue weighted by molar-refractivity contribution is -0.136. The Morgan fingerprint density at radius 1 is 1.05 bits per heavy atom. The molecule has 1 aromatic rings. The van der Waals surface area contributed by atoms with E-state index in [2.05, 4.69) is 17.8 Å². The molecule has 1 aromatic carbocycles. The lowest BCUT2D eigenvalue weighted by Gasteiger charge is -1.97. The van der Waals surface area contributed by atoms with E-state index < -0.39 is 5.97 Å². The number of benzene rings is 1. The summed E-state index contributed by atoms with van der Waals surface area (Å²) in [5.74, 6) is 8.08. The van der Waals surface area contributed by atoms with Crippen molar-refractivity contribution in [2.45, 2.75) is 44.9 Å². The predicted molar refractivity (Wildman–Crippen MR) is 81.2 cm³/mol. The zero-order chi connectivity index (χ0) is 14.6. The van der Waals surface area contributed by atoms with Crippen molar-refractivity contribution in [2.24, 2.45) is 0 Å². The Morgan fingerprint density at radius 2 is 1.70 bits per heavy atom. The number of carboxylic acid groups (broad SMARTS) is 1. The maximum absolute atomic E-state index is 10.6. The van der Waals surface area contributed by atoms with Gasteiger partial charge in [0, 0.05) is 18.4 Å². The highest BCUT2D eigenvalue weighted by Gasteiger charge is 1.98. The van der Waals surface area contributed by atoms with E-state index in [1.54, 1.807) is 0 Å². The molecule has 1 rings (SSSR count). The van der Waals surface area contributed by atoms with Gasteiger partial charge < -0.3 is 5.11 Å². The summed E-state index contributed by atoms with van der Waals surface area (Å²) in [6, 6.07) is 7.38. The van der Waals surface area contributed by atoms with Crippen LogP contribution in [-0.2, 0) is 11.2 Å². The van der Waals surface area contributed by atoms with E-state index in [0.717, 1.165) is 36.8 Å². The van der Waals surface area contributed by atoms with E-state index in [-0.39, 0.29) is 6.42 Å². The number of rotatable bonds is 7. The average Bonchev–Trinajstić information content (AvgIpc) is 2.43. The largest absolute Gasteiger partial charge is 0.481 e. The van der Waals surface area contributed by atoms with Gasteiger partial charge in [-0.05, 0) is 30.5 Å². The van der Waals surface area contributed by atoms with Gasteiger partial charge in [0.2, 0.25) is 0 Å². The molecule has 0 radical (unpaired) electrons. The van der Waals surface area contributed by atoms with Gasteiger partial charge in [-0.1, -0.05) is 36.8 Å². The minimum absolute atomic E-state index is 0.0609. The molecule has 1 N–H and O–H groups in total. The van der Waals surface area contributed by atoms with Crippen LogP contribution >= 0.6 is 0 Å². The highest BCUT2D eigenvalue weighted by Crippen LogP contribution is 2.06. The Balaban J connectivity index is 2.26. The van der Waals surface area contributed by atoms with Crippen LogP contribution in [0, 0.1) is 24.2 Å². The minimum Gasteiger partial charge on any atom is -0.481 e. The van der Waals surface area contributed by atoms with Crippen molar-refractivity contribution in [3.63, 3.8) is 0 Å². The van der Waals surface area contributed by atoms with E-state index >= 15 is 0 Å². The summed E-state index contributed by atoms with van der Waals surface area (Å²) in [4.78, 5) is 10.6. The fraction of sp³-hybridized carbons (Fsp3) is 0.389. The highest BCUT2D eigenvalue weighted by atomic mass is 16.4. The second kappa shape index (κ2) is 9.70. The number of hydrogen-bond donors (Lipinski definition) is 1. The summed E-state index contributed by atoms with van der Waals surface area (Å²) in [6.07, 6.45) is 11.6. The van der Waals surface area contributed by atoms with Crippen LogP contribution < -0.4 is 0 Å². The minimum atomic E-state index is -0.811. The van der Waals surface area contributed by atoms with Crippen LogP contribution in [0.25, 0.3) is 0 Å². The Hall–Kier alpha value is -2.19. The molecule has 0 aliphatic carbocycles. The van der Waals surface area contributed by atoms with Gasteiger partial charge in [0.05, 0.1) is 6.42 Å². The normalized spacial score (nSPS) is 9.35. The quantitative estimate of drug-likeness (QED) is 0.605. The van der Waals surface area contributed by atoms with Gasteiger partial charge in [0.25, 0.3) is 0 Å². The molecule has 104 valence electrons. The van der Waals surface area contributed by atoms with Crippen LogP contribution in [0.3, 0.4) is 0 Å². The molecule has 2 nitrogen and oxygen atoms in total. The second-order valence-corrected chi connectivity index (χ2v) is 4.69. The smallest absolute Gasteiger partial charge is 0.307 e. The molecular formula is C18H20O2. The molecule has 0 amide bonds. The Bertz CT molecular complexity index is 509. The van der Waals surface area contributed by atoms with Crippen molar-refractivity contribution in [1.29, 1.82) is 0 Å². The summed E-state index contributed by atoms with van der Waals surface area (Å²) in [5, 5.41) is 8.68. The summed E-state index contributed by atoms with van der Waals surface area (Å²) in [7, 11) is 0. The third-order valence-electron chi connectivity index (χ3n) is 2.91. The SMILES string of the molecule is C#CCCCCCCC#Cc1ccc(CC(=O)O)cc1. The first-order valence-electron chi connectivity index (χ1n) is 6.95. The Kier molecular flexibility index (Phi) is 7.70. The topological polar surface area (TPSA) is 37.3 Å². The standard InChI is InChI=1S/C18H20O2/c1-2-3-4-5-6-7-8-9-10-16-11-13-17(14-12-16)15-18(19)20/h1,11-14H,3-8,15H2,(H,19,20). The van der Waals surface area contributed by atoms with Crippen molar-refractivity contribution < 1.29 is 9.90 Å². The third kappa shape index (κ3) is 7.29. The Labute approximate surface area is 121 Å². The molecule has 0 unspecified atom stereocenters. The third-order valence-corrected chi connectivity index (χ3v) is 2.91. The summed E-state index contributed by atoms with van der Waals surface area (Å²) in [6.45, 7) is 0. The van der Waals surface area contributed by atoms with Crippen LogP contribution in [0.1, 0.15) is 49.7 Å². The van der Waals surface area contributed by atoms with Crippen molar-refractivity contribution in [1.82, 2.24) is 0 Å². The average molecular weight is 268 g/mol. The lowest BCUT2D eigenvalue weighted by Crippen LogP contribution is -1.99. The van der Waals surface area contributed by atoms with Crippen molar-refractivity contribution >= 4 is 5.97 Å². The maximum Gasteiger partial charge on any atom is 0.307 e. The molecule has 0 aromatic heterocycles. The van der Waals surface area contributed by atoms with Crippen molar-refractivity contribution in [3.8, 4) is 24.2 Å². The summed E-state index contributed by atoms with van der Waals surface area (Å²) >= 11 is 0. The van der Waals surface area contributed by atoms with Gasteiger partial charge in [-0.2, -0.15) is 0 Å². The monoisotopic (exact) mass is 268 g/mol. The highest BCUT2D eigenvalue weighted by molar-refractivity contribution is 5.70. The van der Waals surface area contributed by atoms with Crippen LogP contribution in [0.2, 0.25) is 0 Å². The first-order valence-corrected chi connectivity index (χ1v) is 6.95. The fourth-order valence-electron chi connectivity index (χ4n) is 1.84. The van der Waals surface area contributed by atoms with Crippen LogP contribution in [0.15, 0.2) is 24.3 Å². The molecule has 2 heteroatoms. The van der Waals surface area contributed by atoms with E-state index in [9.17, 15) is 4.79 Å². The molecule has 0 atom stereocenters. The van der Waals surface area contributed by atoms with Crippen molar-refractivity contribution in [2.75, 3.05) is 0 Å². The zero-order valence-electron chi connectivity index (χ0n) is 11.7. The molecule has 0 fully saturated rings. The van der Waals surface area contributed by atoms with Gasteiger partial charge in [0.1, 0.15) is 0 Å². The zero-order valence-corrected chi connectivity index (χ0v) is 11.7. The molecule has 0 saturated carbocycles. The first kappa shape index (κ1) is 15.9. The van der Waals surface area contributed by atoms with E-state index in [1.165, 1.54) is 12.8 Å².